The topological polar surface area (TPSA) is 95.3 Å². The summed E-state index contributed by atoms with van der Waals surface area (Å²) in [6.45, 7) is 6.49. The first-order chi connectivity index (χ1) is 10.1. The van der Waals surface area contributed by atoms with Gasteiger partial charge >= 0.3 is 0 Å². The molecule has 1 aliphatic rings. The molecule has 0 radical (unpaired) electrons. The number of hydrogen-bond donors (Lipinski definition) is 2. The minimum atomic E-state index is -0.132. The largest absolute Gasteiger partial charge is 0.469 e. The van der Waals surface area contributed by atoms with Crippen molar-refractivity contribution in [2.24, 2.45) is 10.9 Å². The Morgan fingerprint density at radius 2 is 2.14 bits per heavy atom. The third-order valence-corrected chi connectivity index (χ3v) is 3.99. The van der Waals surface area contributed by atoms with Crippen molar-refractivity contribution in [3.05, 3.63) is 23.7 Å². The van der Waals surface area contributed by atoms with Gasteiger partial charge in [-0.25, -0.2) is 0 Å². The van der Waals surface area contributed by atoms with Crippen molar-refractivity contribution in [3.8, 4) is 0 Å². The molecule has 2 rings (SSSR count). The quantitative estimate of drug-likeness (QED) is 0.369. The number of carbonyl (C=O) groups excluding carboxylic acids is 1. The molecular weight excluding hydrogens is 272 g/mol. The second-order valence-corrected chi connectivity index (χ2v) is 5.14. The molecule has 1 aliphatic heterocycles. The van der Waals surface area contributed by atoms with Crippen molar-refractivity contribution in [2.45, 2.75) is 26.3 Å². The van der Waals surface area contributed by atoms with Crippen LogP contribution in [0.15, 0.2) is 21.9 Å². The standard InChI is InChI=1S/C14H22N4O3/c1-3-12-11(4-9-21-12)14(19)18-7-5-17(6-8-18)10(2)13(15)16-20/h4,9-10,20H,3,5-8H2,1-2H3,(H2,15,16). The number of aryl methyl sites for hydroxylation is 1. The highest BCUT2D eigenvalue weighted by atomic mass is 16.4. The van der Waals surface area contributed by atoms with Gasteiger partial charge in [0.1, 0.15) is 5.76 Å². The minimum absolute atomic E-state index is 0.0108. The molecule has 1 unspecified atom stereocenters. The van der Waals surface area contributed by atoms with Gasteiger partial charge in [-0.05, 0) is 13.0 Å². The highest BCUT2D eigenvalue weighted by molar-refractivity contribution is 5.95. The summed E-state index contributed by atoms with van der Waals surface area (Å²) < 4.78 is 5.31. The Kier molecular flexibility index (Phi) is 4.85. The Morgan fingerprint density at radius 3 is 2.71 bits per heavy atom. The van der Waals surface area contributed by atoms with Crippen molar-refractivity contribution in [1.29, 1.82) is 0 Å². The van der Waals surface area contributed by atoms with Crippen LogP contribution in [0.2, 0.25) is 0 Å². The first kappa shape index (κ1) is 15.4. The van der Waals surface area contributed by atoms with E-state index in [4.69, 9.17) is 15.4 Å². The second-order valence-electron chi connectivity index (χ2n) is 5.14. The van der Waals surface area contributed by atoms with Gasteiger partial charge in [0.15, 0.2) is 5.84 Å². The molecule has 0 aliphatic carbocycles. The first-order valence-electron chi connectivity index (χ1n) is 7.15. The van der Waals surface area contributed by atoms with Gasteiger partial charge < -0.3 is 20.3 Å². The van der Waals surface area contributed by atoms with Gasteiger partial charge in [-0.15, -0.1) is 0 Å². The molecule has 0 spiro atoms. The fraction of sp³-hybridized carbons (Fsp3) is 0.571. The normalized spacial score (nSPS) is 18.8. The molecule has 1 fully saturated rings. The van der Waals surface area contributed by atoms with Crippen LogP contribution in [-0.4, -0.2) is 59.0 Å². The van der Waals surface area contributed by atoms with Crippen LogP contribution in [0.3, 0.4) is 0 Å². The Hall–Kier alpha value is -2.02. The predicted octanol–water partition coefficient (Wildman–Crippen LogP) is 0.735. The van der Waals surface area contributed by atoms with E-state index in [1.165, 1.54) is 0 Å². The first-order valence-corrected chi connectivity index (χ1v) is 7.15. The van der Waals surface area contributed by atoms with Crippen molar-refractivity contribution >= 4 is 11.7 Å². The molecule has 1 aromatic heterocycles. The number of carbonyl (C=O) groups is 1. The predicted molar refractivity (Wildman–Crippen MR) is 78.4 cm³/mol. The minimum Gasteiger partial charge on any atom is -0.469 e. The Labute approximate surface area is 124 Å². The summed E-state index contributed by atoms with van der Waals surface area (Å²) in [6, 6.07) is 1.60. The third kappa shape index (κ3) is 3.18. The van der Waals surface area contributed by atoms with Crippen molar-refractivity contribution < 1.29 is 14.4 Å². The van der Waals surface area contributed by atoms with Crippen LogP contribution >= 0.6 is 0 Å². The zero-order valence-corrected chi connectivity index (χ0v) is 12.5. The summed E-state index contributed by atoms with van der Waals surface area (Å²) in [7, 11) is 0. The molecule has 0 saturated carbocycles. The van der Waals surface area contributed by atoms with E-state index >= 15 is 0 Å². The number of hydrogen-bond acceptors (Lipinski definition) is 5. The summed E-state index contributed by atoms with van der Waals surface area (Å²) in [4.78, 5) is 16.4. The Morgan fingerprint density at radius 1 is 1.48 bits per heavy atom. The summed E-state index contributed by atoms with van der Waals surface area (Å²) in [5.74, 6) is 0.932. The van der Waals surface area contributed by atoms with Crippen LogP contribution in [0.25, 0.3) is 0 Å². The van der Waals surface area contributed by atoms with Crippen LogP contribution in [0, 0.1) is 0 Å². The highest BCUT2D eigenvalue weighted by Gasteiger charge is 2.27. The lowest BCUT2D eigenvalue weighted by atomic mass is 10.1. The molecule has 1 amide bonds. The van der Waals surface area contributed by atoms with Gasteiger partial charge in [0.25, 0.3) is 5.91 Å². The number of piperazine rings is 1. The van der Waals surface area contributed by atoms with E-state index in [-0.39, 0.29) is 17.8 Å². The summed E-state index contributed by atoms with van der Waals surface area (Å²) in [5.41, 5.74) is 6.27. The highest BCUT2D eigenvalue weighted by Crippen LogP contribution is 2.16. The van der Waals surface area contributed by atoms with Gasteiger partial charge in [0.2, 0.25) is 0 Å². The van der Waals surface area contributed by atoms with Gasteiger partial charge in [0.05, 0.1) is 17.9 Å². The molecule has 0 bridgehead atoms. The van der Waals surface area contributed by atoms with E-state index in [0.717, 1.165) is 5.76 Å². The Balaban J connectivity index is 1.96. The number of amidine groups is 1. The van der Waals surface area contributed by atoms with E-state index in [1.807, 2.05) is 18.7 Å². The molecule has 1 aromatic rings. The van der Waals surface area contributed by atoms with E-state index in [9.17, 15) is 4.79 Å². The molecule has 2 heterocycles. The van der Waals surface area contributed by atoms with Crippen LogP contribution in [0.4, 0.5) is 0 Å². The number of amides is 1. The van der Waals surface area contributed by atoms with Crippen molar-refractivity contribution in [3.63, 3.8) is 0 Å². The zero-order valence-electron chi connectivity index (χ0n) is 12.5. The van der Waals surface area contributed by atoms with E-state index in [2.05, 4.69) is 10.1 Å². The SMILES string of the molecule is CCc1occc1C(=O)N1CCN(C(C)/C(N)=N/O)CC1. The zero-order chi connectivity index (χ0) is 15.4. The molecule has 1 saturated heterocycles. The lowest BCUT2D eigenvalue weighted by Gasteiger charge is -2.37. The Bertz CT molecular complexity index is 518. The summed E-state index contributed by atoms with van der Waals surface area (Å²) >= 11 is 0. The molecule has 3 N–H and O–H groups in total. The van der Waals surface area contributed by atoms with E-state index in [0.29, 0.717) is 38.2 Å². The van der Waals surface area contributed by atoms with Gasteiger partial charge in [0, 0.05) is 32.6 Å². The summed E-state index contributed by atoms with van der Waals surface area (Å²) in [6.07, 6.45) is 2.26. The smallest absolute Gasteiger partial charge is 0.257 e. The average Bonchev–Trinajstić information content (AvgIpc) is 3.01. The maximum atomic E-state index is 12.5. The van der Waals surface area contributed by atoms with Crippen molar-refractivity contribution in [1.82, 2.24) is 9.80 Å². The molecule has 21 heavy (non-hydrogen) atoms. The van der Waals surface area contributed by atoms with Crippen LogP contribution in [-0.2, 0) is 6.42 Å². The second kappa shape index (κ2) is 6.62. The van der Waals surface area contributed by atoms with E-state index in [1.54, 1.807) is 12.3 Å². The maximum absolute atomic E-state index is 12.5. The summed E-state index contributed by atoms with van der Waals surface area (Å²) in [5, 5.41) is 11.8. The molecular formula is C14H22N4O3. The van der Waals surface area contributed by atoms with Crippen LogP contribution in [0.1, 0.15) is 30.0 Å². The maximum Gasteiger partial charge on any atom is 0.257 e. The number of nitrogens with zero attached hydrogens (tertiary/aromatic N) is 3. The number of oxime groups is 1. The van der Waals surface area contributed by atoms with Crippen LogP contribution in [0.5, 0.6) is 0 Å². The van der Waals surface area contributed by atoms with Crippen molar-refractivity contribution in [2.75, 3.05) is 26.2 Å². The number of rotatable bonds is 4. The fourth-order valence-corrected chi connectivity index (χ4v) is 2.56. The monoisotopic (exact) mass is 294 g/mol. The fourth-order valence-electron chi connectivity index (χ4n) is 2.56. The average molecular weight is 294 g/mol. The number of furan rings is 1. The lowest BCUT2D eigenvalue weighted by Crippen LogP contribution is -2.54. The van der Waals surface area contributed by atoms with Gasteiger partial charge in [-0.2, -0.15) is 0 Å². The molecule has 1 atom stereocenters. The van der Waals surface area contributed by atoms with Crippen LogP contribution < -0.4 is 5.73 Å². The van der Waals surface area contributed by atoms with Gasteiger partial charge in [-0.1, -0.05) is 12.1 Å². The molecule has 0 aromatic carbocycles. The number of nitrogens with two attached hydrogens (primary N) is 1. The lowest BCUT2D eigenvalue weighted by molar-refractivity contribution is 0.0617. The van der Waals surface area contributed by atoms with Gasteiger partial charge in [-0.3, -0.25) is 9.69 Å². The third-order valence-electron chi connectivity index (χ3n) is 3.99. The molecule has 7 heteroatoms. The molecule has 7 nitrogen and oxygen atoms in total. The molecule has 116 valence electrons. The van der Waals surface area contributed by atoms with E-state index < -0.39 is 0 Å².